The van der Waals surface area contributed by atoms with Crippen LogP contribution in [0.5, 0.6) is 11.5 Å². The number of rotatable bonds is 52. The van der Waals surface area contributed by atoms with E-state index in [9.17, 15) is 4.79 Å². The highest BCUT2D eigenvalue weighted by Crippen LogP contribution is 2.53. The average Bonchev–Trinajstić information content (AvgIpc) is 1.52. The summed E-state index contributed by atoms with van der Waals surface area (Å²) in [4.78, 5) is 44.1. The molecule has 19 heteroatoms. The van der Waals surface area contributed by atoms with Gasteiger partial charge in [-0.2, -0.15) is 0 Å². The number of phosphoric acid groups is 1. The molecule has 1 N–H and O–H groups in total. The van der Waals surface area contributed by atoms with Gasteiger partial charge in [-0.15, -0.1) is 0 Å². The molecular formula is C71H128NO14PSi3. The van der Waals surface area contributed by atoms with E-state index in [1.165, 1.54) is 70.6 Å². The maximum atomic E-state index is 15.8. The van der Waals surface area contributed by atoms with Crippen molar-refractivity contribution in [1.29, 1.82) is 0 Å². The zero-order valence-corrected chi connectivity index (χ0v) is 62.9. The third kappa shape index (κ3) is 36.7. The highest BCUT2D eigenvalue weighted by Gasteiger charge is 2.55. The predicted molar refractivity (Wildman–Crippen MR) is 374 cm³/mol. The fraction of sp³-hybridized carbons (Fsp3) is 0.789. The zero-order chi connectivity index (χ0) is 66.3. The number of hydrogen-bond donors (Lipinski definition) is 1. The highest BCUT2D eigenvalue weighted by atomic mass is 31.2. The lowest BCUT2D eigenvalue weighted by molar-refractivity contribution is -0.269. The van der Waals surface area contributed by atoms with Crippen molar-refractivity contribution in [3.05, 3.63) is 60.7 Å². The van der Waals surface area contributed by atoms with Crippen LogP contribution < -0.4 is 14.4 Å². The second-order valence-electron chi connectivity index (χ2n) is 29.2. The van der Waals surface area contributed by atoms with Crippen molar-refractivity contribution in [3.8, 4) is 11.5 Å². The van der Waals surface area contributed by atoms with Crippen LogP contribution >= 0.6 is 7.82 Å². The molecule has 0 spiro atoms. The van der Waals surface area contributed by atoms with E-state index in [1.54, 1.807) is 48.5 Å². The van der Waals surface area contributed by atoms with Gasteiger partial charge >= 0.3 is 19.8 Å². The molecule has 1 saturated heterocycles. The van der Waals surface area contributed by atoms with Gasteiger partial charge in [0.05, 0.1) is 25.6 Å². The number of carbonyl (C=O) groups is 3. The van der Waals surface area contributed by atoms with E-state index < -0.39 is 87.0 Å². The third-order valence-electron chi connectivity index (χ3n) is 17.2. The van der Waals surface area contributed by atoms with Gasteiger partial charge in [-0.25, -0.2) is 4.57 Å². The number of esters is 2. The number of benzene rings is 2. The van der Waals surface area contributed by atoms with Gasteiger partial charge in [0.1, 0.15) is 42.6 Å². The molecule has 1 aliphatic heterocycles. The Morgan fingerprint density at radius 3 is 1.53 bits per heavy atom. The molecule has 2 aromatic carbocycles. The largest absolute Gasteiger partial charge is 0.588 e. The third-order valence-corrected chi connectivity index (χ3v) is 26.5. The number of phosphoric ester groups is 1. The number of hydrogen-bond acceptors (Lipinski definition) is 14. The second-order valence-corrected chi connectivity index (χ2v) is 46.7. The molecule has 1 aliphatic rings. The van der Waals surface area contributed by atoms with Gasteiger partial charge in [-0.05, 0) is 80.2 Å². The number of carbonyl (C=O) groups excluding carboxylic acids is 3. The summed E-state index contributed by atoms with van der Waals surface area (Å²) >= 11 is 0. The summed E-state index contributed by atoms with van der Waals surface area (Å²) in [6.45, 7) is 31.8. The van der Waals surface area contributed by atoms with E-state index in [2.05, 4.69) is 99.2 Å². The van der Waals surface area contributed by atoms with Crippen LogP contribution in [0.3, 0.4) is 0 Å². The minimum atomic E-state index is -4.81. The Morgan fingerprint density at radius 1 is 0.578 bits per heavy atom. The van der Waals surface area contributed by atoms with Crippen molar-refractivity contribution < 1.29 is 65.4 Å². The van der Waals surface area contributed by atoms with Crippen LogP contribution in [-0.4, -0.2) is 112 Å². The number of amides is 1. The highest BCUT2D eigenvalue weighted by molar-refractivity contribution is 7.49. The maximum Gasteiger partial charge on any atom is 0.588 e. The zero-order valence-electron chi connectivity index (χ0n) is 59.0. The van der Waals surface area contributed by atoms with Crippen molar-refractivity contribution in [2.75, 3.05) is 26.6 Å². The van der Waals surface area contributed by atoms with Crippen molar-refractivity contribution in [1.82, 2.24) is 5.32 Å². The first kappa shape index (κ1) is 81.3. The summed E-state index contributed by atoms with van der Waals surface area (Å²) in [5, 5.41) is 3.00. The van der Waals surface area contributed by atoms with Crippen LogP contribution in [0.1, 0.15) is 221 Å². The van der Waals surface area contributed by atoms with Crippen LogP contribution in [0.2, 0.25) is 69.5 Å². The number of ether oxygens (including phenoxy) is 6. The quantitative estimate of drug-likeness (QED) is 0.0218. The minimum absolute atomic E-state index is 0.0433. The Bertz CT molecular complexity index is 2200. The molecule has 1 fully saturated rings. The van der Waals surface area contributed by atoms with Crippen LogP contribution in [-0.2, 0) is 56.3 Å². The van der Waals surface area contributed by atoms with Crippen molar-refractivity contribution in [3.63, 3.8) is 0 Å². The van der Waals surface area contributed by atoms with Crippen LogP contribution in [0.4, 0.5) is 0 Å². The molecule has 15 nitrogen and oxygen atoms in total. The fourth-order valence-corrected chi connectivity index (χ4v) is 14.3. The number of unbranched alkanes of at least 4 members (excludes halogenated alkanes) is 20. The lowest BCUT2D eigenvalue weighted by Gasteiger charge is -2.47. The standard InChI is InChI=1S/C71H128NO14PSi3/c1-15-18-21-24-26-28-30-33-37-48-61(79-58-77-51-53-88(7,8)9)55-64(73)72-67-69(83-66(75)56-62(49-38-32-23-20-17-3)81-65(74)50-43-34-31-29-27-25-22-19-16-2)68(86-87(76,84-59-44-39-35-40-45-59)85-60-46-41-36-42-47-60)63(57-80-90(13,14)71(4,5)6)82-70(67)78-52-54-89(10,11)12/h35-36,39-42,44-47,61-63,67-70H,15-34,37-38,43,48-58H2,1-14H3,(H,72,73)/t61?,62?,63-,67-,68-,69-,70-/m1/s1. The molecule has 1 amide bonds. The second kappa shape index (κ2) is 44.7. The molecule has 90 heavy (non-hydrogen) atoms. The normalized spacial score (nSPS) is 18.2. The van der Waals surface area contributed by atoms with Gasteiger partial charge in [0.2, 0.25) is 5.91 Å². The molecule has 0 aliphatic carbocycles. The molecule has 0 saturated carbocycles. The SMILES string of the molecule is CCCCCCCCCCCC(=O)OC(CCCCCCC)CC(=O)O[C@@H]1[C@@H](NC(=O)CC(CCCCCCCCCCC)OCOCC[Si](C)(C)C)[C@H](OCC[Si](C)(C)C)O[C@H](CO[Si](C)(C)C(C)(C)C)[C@H]1OP(=O)(Oc1ccccc1)Oc1ccccc1. The van der Waals surface area contributed by atoms with E-state index in [1.807, 2.05) is 12.1 Å². The topological polar surface area (TPSA) is 173 Å². The van der Waals surface area contributed by atoms with E-state index >= 15 is 14.2 Å². The molecule has 2 aromatic rings. The van der Waals surface area contributed by atoms with E-state index in [4.69, 9.17) is 46.4 Å². The molecule has 3 rings (SSSR count). The first-order chi connectivity index (χ1) is 42.8. The van der Waals surface area contributed by atoms with Crippen molar-refractivity contribution in [2.45, 2.75) is 334 Å². The van der Waals surface area contributed by atoms with Crippen LogP contribution in [0, 0.1) is 0 Å². The molecule has 0 bridgehead atoms. The summed E-state index contributed by atoms with van der Waals surface area (Å²) < 4.78 is 81.7. The van der Waals surface area contributed by atoms with Gasteiger partial charge < -0.3 is 47.2 Å². The summed E-state index contributed by atoms with van der Waals surface area (Å²) in [5.41, 5.74) is 0. The molecule has 518 valence electrons. The average molecular weight is 1340 g/mol. The molecule has 0 aromatic heterocycles. The van der Waals surface area contributed by atoms with Crippen LogP contribution in [0.25, 0.3) is 0 Å². The smallest absolute Gasteiger partial charge is 0.462 e. The maximum absolute atomic E-state index is 15.8. The Balaban J connectivity index is 2.21. The Labute approximate surface area is 550 Å². The Morgan fingerprint density at radius 2 is 1.04 bits per heavy atom. The first-order valence-electron chi connectivity index (χ1n) is 35.3. The molecular weight excluding hydrogens is 1210 g/mol. The van der Waals surface area contributed by atoms with Gasteiger partial charge in [-0.1, -0.05) is 252 Å². The van der Waals surface area contributed by atoms with Gasteiger partial charge in [0.15, 0.2) is 20.7 Å². The number of para-hydroxylation sites is 2. The van der Waals surface area contributed by atoms with Crippen molar-refractivity contribution in [2.24, 2.45) is 0 Å². The lowest BCUT2D eigenvalue weighted by atomic mass is 9.96. The van der Waals surface area contributed by atoms with E-state index in [0.29, 0.717) is 25.9 Å². The van der Waals surface area contributed by atoms with Crippen molar-refractivity contribution >= 4 is 50.1 Å². The predicted octanol–water partition coefficient (Wildman–Crippen LogP) is 19.7. The molecule has 0 radical (unpaired) electrons. The first-order valence-corrected chi connectivity index (χ1v) is 47.1. The molecule has 2 unspecified atom stereocenters. The van der Waals surface area contributed by atoms with Gasteiger partial charge in [0.25, 0.3) is 0 Å². The number of nitrogens with one attached hydrogen (secondary N) is 1. The van der Waals surface area contributed by atoms with E-state index in [0.717, 1.165) is 82.7 Å². The summed E-state index contributed by atoms with van der Waals surface area (Å²) in [6.07, 6.45) is 19.6. The Kier molecular flexibility index (Phi) is 40.4. The fourth-order valence-electron chi connectivity index (χ4n) is 10.4. The molecule has 7 atom stereocenters. The summed E-state index contributed by atoms with van der Waals surface area (Å²) in [5.74, 6) is -1.07. The van der Waals surface area contributed by atoms with Gasteiger partial charge in [-0.3, -0.25) is 18.9 Å². The van der Waals surface area contributed by atoms with Gasteiger partial charge in [0, 0.05) is 35.8 Å². The summed E-state index contributed by atoms with van der Waals surface area (Å²) in [7, 11) is -10.5. The molecule has 1 heterocycles. The lowest BCUT2D eigenvalue weighted by Crippen LogP contribution is -2.67. The minimum Gasteiger partial charge on any atom is -0.462 e. The summed E-state index contributed by atoms with van der Waals surface area (Å²) in [6, 6.07) is 17.7. The van der Waals surface area contributed by atoms with Crippen LogP contribution in [0.15, 0.2) is 60.7 Å². The Hall–Kier alpha value is -2.91. The monoisotopic (exact) mass is 1330 g/mol. The van der Waals surface area contributed by atoms with E-state index in [-0.39, 0.29) is 61.8 Å².